The Morgan fingerprint density at radius 3 is 2.70 bits per heavy atom. The molecule has 3 rings (SSSR count). The van der Waals surface area contributed by atoms with Crippen LogP contribution in [0.3, 0.4) is 0 Å². The summed E-state index contributed by atoms with van der Waals surface area (Å²) >= 11 is 0. The van der Waals surface area contributed by atoms with Crippen molar-refractivity contribution in [2.75, 3.05) is 12.3 Å². The van der Waals surface area contributed by atoms with Crippen molar-refractivity contribution in [3.63, 3.8) is 0 Å². The number of rotatable bonds is 5. The van der Waals surface area contributed by atoms with E-state index >= 15 is 0 Å². The Morgan fingerprint density at radius 2 is 1.96 bits per heavy atom. The number of nitrogens with zero attached hydrogens (tertiary/aromatic N) is 4. The lowest BCUT2D eigenvalue weighted by Gasteiger charge is -2.07. The predicted molar refractivity (Wildman–Crippen MR) is 84.1 cm³/mol. The summed E-state index contributed by atoms with van der Waals surface area (Å²) in [6.45, 7) is 2.12. The minimum atomic E-state index is -3.78. The van der Waals surface area contributed by atoms with E-state index in [0.29, 0.717) is 11.2 Å². The maximum absolute atomic E-state index is 12.1. The van der Waals surface area contributed by atoms with E-state index < -0.39 is 10.1 Å². The van der Waals surface area contributed by atoms with E-state index in [9.17, 15) is 8.42 Å². The van der Waals surface area contributed by atoms with Crippen LogP contribution >= 0.6 is 0 Å². The normalized spacial score (nSPS) is 11.9. The lowest BCUT2D eigenvalue weighted by Crippen LogP contribution is -2.12. The smallest absolute Gasteiger partial charge is 0.297 e. The van der Waals surface area contributed by atoms with Crippen molar-refractivity contribution in [1.29, 1.82) is 0 Å². The molecule has 3 aromatic rings. The van der Waals surface area contributed by atoms with Gasteiger partial charge in [-0.05, 0) is 19.1 Å². The topological polar surface area (TPSA) is 113 Å². The van der Waals surface area contributed by atoms with Crippen LogP contribution in [-0.2, 0) is 20.8 Å². The van der Waals surface area contributed by atoms with E-state index in [1.165, 1.54) is 18.3 Å². The number of benzene rings is 1. The highest BCUT2D eigenvalue weighted by Gasteiger charge is 2.15. The molecule has 0 bridgehead atoms. The minimum Gasteiger partial charge on any atom is -0.368 e. The van der Waals surface area contributed by atoms with Crippen LogP contribution in [0.15, 0.2) is 41.7 Å². The SMILES string of the molecule is Cc1ccc(S(=O)(=O)OCCn2cnc3cnc(N)nc32)cc1. The fraction of sp³-hybridized carbons (Fsp3) is 0.214. The molecule has 0 aliphatic rings. The first-order valence-corrected chi connectivity index (χ1v) is 8.26. The van der Waals surface area contributed by atoms with E-state index in [0.717, 1.165) is 5.56 Å². The van der Waals surface area contributed by atoms with Crippen LogP contribution in [0.2, 0.25) is 0 Å². The highest BCUT2D eigenvalue weighted by molar-refractivity contribution is 7.86. The monoisotopic (exact) mass is 333 g/mol. The molecule has 9 heteroatoms. The second-order valence-corrected chi connectivity index (χ2v) is 6.58. The molecule has 0 unspecified atom stereocenters. The number of anilines is 1. The highest BCUT2D eigenvalue weighted by Crippen LogP contribution is 2.14. The molecule has 120 valence electrons. The zero-order chi connectivity index (χ0) is 16.4. The summed E-state index contributed by atoms with van der Waals surface area (Å²) in [5, 5.41) is 0. The lowest BCUT2D eigenvalue weighted by molar-refractivity contribution is 0.302. The van der Waals surface area contributed by atoms with Gasteiger partial charge in [-0.3, -0.25) is 4.18 Å². The molecule has 0 saturated heterocycles. The van der Waals surface area contributed by atoms with Gasteiger partial charge in [0.2, 0.25) is 5.95 Å². The third kappa shape index (κ3) is 3.30. The Morgan fingerprint density at radius 1 is 1.22 bits per heavy atom. The number of hydrogen-bond acceptors (Lipinski definition) is 7. The summed E-state index contributed by atoms with van der Waals surface area (Å²) in [5.74, 6) is 0.132. The number of aryl methyl sites for hydroxylation is 1. The molecule has 0 aliphatic carbocycles. The minimum absolute atomic E-state index is 0.0361. The molecule has 1 aromatic carbocycles. The Hall–Kier alpha value is -2.52. The fourth-order valence-corrected chi connectivity index (χ4v) is 2.95. The number of fused-ring (bicyclic) bond motifs is 1. The van der Waals surface area contributed by atoms with Gasteiger partial charge in [0.15, 0.2) is 5.65 Å². The van der Waals surface area contributed by atoms with Crippen molar-refractivity contribution in [2.45, 2.75) is 18.4 Å². The molecule has 0 fully saturated rings. The van der Waals surface area contributed by atoms with Crippen molar-refractivity contribution in [1.82, 2.24) is 19.5 Å². The van der Waals surface area contributed by atoms with Crippen LogP contribution in [0.1, 0.15) is 5.56 Å². The van der Waals surface area contributed by atoms with Crippen molar-refractivity contribution in [3.05, 3.63) is 42.4 Å². The molecule has 0 amide bonds. The van der Waals surface area contributed by atoms with Crippen LogP contribution in [0, 0.1) is 6.92 Å². The standard InChI is InChI=1S/C14H15N5O3S/c1-10-2-4-11(5-3-10)23(20,21)22-7-6-19-9-17-12-8-16-14(15)18-13(12)19/h2-5,8-9H,6-7H2,1H3,(H2,15,16,18). The van der Waals surface area contributed by atoms with Crippen LogP contribution in [0.5, 0.6) is 0 Å². The highest BCUT2D eigenvalue weighted by atomic mass is 32.2. The number of aromatic nitrogens is 4. The number of hydrogen-bond donors (Lipinski definition) is 1. The molecule has 2 heterocycles. The van der Waals surface area contributed by atoms with Crippen molar-refractivity contribution < 1.29 is 12.6 Å². The van der Waals surface area contributed by atoms with Crippen LogP contribution < -0.4 is 5.73 Å². The molecule has 2 aromatic heterocycles. The van der Waals surface area contributed by atoms with Gasteiger partial charge in [0.05, 0.1) is 30.6 Å². The molecule has 2 N–H and O–H groups in total. The fourth-order valence-electron chi connectivity index (χ4n) is 2.05. The molecule has 0 spiro atoms. The summed E-state index contributed by atoms with van der Waals surface area (Å²) in [5.41, 5.74) is 7.65. The van der Waals surface area contributed by atoms with Crippen molar-refractivity contribution in [3.8, 4) is 0 Å². The Bertz CT molecular complexity index is 935. The number of imidazole rings is 1. The van der Waals surface area contributed by atoms with Gasteiger partial charge < -0.3 is 10.3 Å². The van der Waals surface area contributed by atoms with E-state index in [2.05, 4.69) is 15.0 Å². The first-order chi connectivity index (χ1) is 11.0. The summed E-state index contributed by atoms with van der Waals surface area (Å²) in [6, 6.07) is 6.48. The number of nitrogen functional groups attached to an aromatic ring is 1. The largest absolute Gasteiger partial charge is 0.368 e. The third-order valence-electron chi connectivity index (χ3n) is 3.26. The average Bonchev–Trinajstić information content (AvgIpc) is 2.90. The van der Waals surface area contributed by atoms with Gasteiger partial charge in [0.25, 0.3) is 10.1 Å². The summed E-state index contributed by atoms with van der Waals surface area (Å²) in [6.07, 6.45) is 3.05. The second-order valence-electron chi connectivity index (χ2n) is 4.96. The third-order valence-corrected chi connectivity index (χ3v) is 4.58. The van der Waals surface area contributed by atoms with Crippen LogP contribution in [0.4, 0.5) is 5.95 Å². The van der Waals surface area contributed by atoms with Gasteiger partial charge in [0, 0.05) is 0 Å². The van der Waals surface area contributed by atoms with Crippen LogP contribution in [0.25, 0.3) is 11.2 Å². The van der Waals surface area contributed by atoms with Gasteiger partial charge in [0.1, 0.15) is 5.52 Å². The molecule has 0 aliphatic heterocycles. The van der Waals surface area contributed by atoms with E-state index in [4.69, 9.17) is 9.92 Å². The molecular weight excluding hydrogens is 318 g/mol. The zero-order valence-corrected chi connectivity index (χ0v) is 13.2. The molecule has 23 heavy (non-hydrogen) atoms. The number of nitrogens with two attached hydrogens (primary N) is 1. The molecule has 0 radical (unpaired) electrons. The first kappa shape index (κ1) is 15.4. The van der Waals surface area contributed by atoms with Crippen LogP contribution in [-0.4, -0.2) is 34.5 Å². The second kappa shape index (κ2) is 5.94. The zero-order valence-electron chi connectivity index (χ0n) is 12.4. The van der Waals surface area contributed by atoms with E-state index in [1.807, 2.05) is 6.92 Å². The Balaban J connectivity index is 1.70. The van der Waals surface area contributed by atoms with Crippen molar-refractivity contribution >= 4 is 27.2 Å². The van der Waals surface area contributed by atoms with E-state index in [-0.39, 0.29) is 24.0 Å². The quantitative estimate of drug-likeness (QED) is 0.696. The van der Waals surface area contributed by atoms with Gasteiger partial charge in [-0.25, -0.2) is 9.97 Å². The van der Waals surface area contributed by atoms with Gasteiger partial charge in [-0.15, -0.1) is 0 Å². The van der Waals surface area contributed by atoms with Crippen molar-refractivity contribution in [2.24, 2.45) is 0 Å². The van der Waals surface area contributed by atoms with Gasteiger partial charge >= 0.3 is 0 Å². The Kier molecular flexibility index (Phi) is 3.97. The molecule has 8 nitrogen and oxygen atoms in total. The summed E-state index contributed by atoms with van der Waals surface area (Å²) in [7, 11) is -3.78. The molecular formula is C14H15N5O3S. The lowest BCUT2D eigenvalue weighted by atomic mass is 10.2. The predicted octanol–water partition coefficient (Wildman–Crippen LogP) is 1.12. The van der Waals surface area contributed by atoms with E-state index in [1.54, 1.807) is 23.0 Å². The summed E-state index contributed by atoms with van der Waals surface area (Å²) in [4.78, 5) is 12.2. The maximum Gasteiger partial charge on any atom is 0.297 e. The molecule has 0 atom stereocenters. The van der Waals surface area contributed by atoms with Gasteiger partial charge in [-0.1, -0.05) is 17.7 Å². The maximum atomic E-state index is 12.1. The van der Waals surface area contributed by atoms with Gasteiger partial charge in [-0.2, -0.15) is 13.4 Å². The molecule has 0 saturated carbocycles. The summed E-state index contributed by atoms with van der Waals surface area (Å²) < 4.78 is 30.9. The Labute approximate surface area is 133 Å². The first-order valence-electron chi connectivity index (χ1n) is 6.85. The average molecular weight is 333 g/mol.